The summed E-state index contributed by atoms with van der Waals surface area (Å²) in [6.07, 6.45) is 3.22. The topological polar surface area (TPSA) is 71.4 Å². The lowest BCUT2D eigenvalue weighted by molar-refractivity contribution is -0.126. The highest BCUT2D eigenvalue weighted by Gasteiger charge is 2.33. The molecule has 0 spiro atoms. The van der Waals surface area contributed by atoms with Crippen LogP contribution in [0.2, 0.25) is 5.02 Å². The number of carbonyl (C=O) groups is 1. The molecule has 1 aromatic heterocycles. The van der Waals surface area contributed by atoms with Gasteiger partial charge >= 0.3 is 0 Å². The summed E-state index contributed by atoms with van der Waals surface area (Å²) in [6, 6.07) is 14.4. The van der Waals surface area contributed by atoms with Crippen LogP contribution in [-0.2, 0) is 28.4 Å². The van der Waals surface area contributed by atoms with E-state index in [-0.39, 0.29) is 23.3 Å². The molecular formula is C22H24ClN3O3S. The normalized spacial score (nSPS) is 17.9. The van der Waals surface area contributed by atoms with Crippen LogP contribution in [0.5, 0.6) is 0 Å². The zero-order valence-corrected chi connectivity index (χ0v) is 18.3. The zero-order chi connectivity index (χ0) is 21.3. The predicted octanol–water partition coefficient (Wildman–Crippen LogP) is 3.55. The third-order valence-electron chi connectivity index (χ3n) is 5.66. The maximum absolute atomic E-state index is 13.2. The number of fused-ring (bicyclic) bond motifs is 1. The highest BCUT2D eigenvalue weighted by molar-refractivity contribution is 7.89. The van der Waals surface area contributed by atoms with Gasteiger partial charge in [-0.1, -0.05) is 29.8 Å². The lowest BCUT2D eigenvalue weighted by Crippen LogP contribution is -2.45. The SMILES string of the molecule is Cn1ccc2cc(S(=O)(=O)N3CCC[C@@H](C(=O)NCc4ccccc4Cl)C3)ccc21. The molecule has 1 aliphatic rings. The van der Waals surface area contributed by atoms with Crippen LogP contribution >= 0.6 is 11.6 Å². The van der Waals surface area contributed by atoms with Crippen molar-refractivity contribution in [3.8, 4) is 0 Å². The Morgan fingerprint density at radius 2 is 2.00 bits per heavy atom. The van der Waals surface area contributed by atoms with Crippen LogP contribution in [0, 0.1) is 5.92 Å². The molecule has 2 aromatic carbocycles. The van der Waals surface area contributed by atoms with Crippen LogP contribution in [0.4, 0.5) is 0 Å². The van der Waals surface area contributed by atoms with E-state index in [1.54, 1.807) is 18.2 Å². The molecule has 0 aliphatic carbocycles. The molecule has 1 atom stereocenters. The molecule has 0 unspecified atom stereocenters. The molecule has 1 amide bonds. The van der Waals surface area contributed by atoms with Gasteiger partial charge in [0.15, 0.2) is 0 Å². The maximum Gasteiger partial charge on any atom is 0.243 e. The third kappa shape index (κ3) is 4.10. The largest absolute Gasteiger partial charge is 0.352 e. The van der Waals surface area contributed by atoms with E-state index in [2.05, 4.69) is 5.32 Å². The molecule has 1 fully saturated rings. The van der Waals surface area contributed by atoms with Crippen LogP contribution in [0.25, 0.3) is 10.9 Å². The first kappa shape index (κ1) is 20.9. The van der Waals surface area contributed by atoms with Gasteiger partial charge in [0.2, 0.25) is 15.9 Å². The van der Waals surface area contributed by atoms with Crippen LogP contribution in [0.3, 0.4) is 0 Å². The van der Waals surface area contributed by atoms with E-state index in [1.165, 1.54) is 4.31 Å². The highest BCUT2D eigenvalue weighted by atomic mass is 35.5. The number of hydrogen-bond donors (Lipinski definition) is 1. The summed E-state index contributed by atoms with van der Waals surface area (Å²) in [5.41, 5.74) is 1.81. The van der Waals surface area contributed by atoms with Crippen molar-refractivity contribution >= 4 is 38.4 Å². The van der Waals surface area contributed by atoms with Crippen LogP contribution in [-0.4, -0.2) is 36.3 Å². The Bertz CT molecular complexity index is 1190. The standard InChI is InChI=1S/C22H24ClN3O3S/c1-25-12-10-16-13-19(8-9-21(16)25)30(28,29)26-11-4-6-18(15-26)22(27)24-14-17-5-2-3-7-20(17)23/h2-3,5,7-10,12-13,18H,4,6,11,14-15H2,1H3,(H,24,27)/t18-/m1/s1. The fraction of sp³-hybridized carbons (Fsp3) is 0.318. The number of sulfonamides is 1. The molecule has 8 heteroatoms. The average molecular weight is 446 g/mol. The number of benzene rings is 2. The molecule has 0 saturated carbocycles. The van der Waals surface area contributed by atoms with Crippen LogP contribution < -0.4 is 5.32 Å². The van der Waals surface area contributed by atoms with E-state index < -0.39 is 10.0 Å². The molecule has 0 radical (unpaired) electrons. The van der Waals surface area contributed by atoms with Crippen molar-refractivity contribution in [2.24, 2.45) is 13.0 Å². The number of rotatable bonds is 5. The molecule has 6 nitrogen and oxygen atoms in total. The van der Waals surface area contributed by atoms with E-state index in [0.29, 0.717) is 31.0 Å². The monoisotopic (exact) mass is 445 g/mol. The molecule has 30 heavy (non-hydrogen) atoms. The minimum atomic E-state index is -3.66. The number of aromatic nitrogens is 1. The van der Waals surface area contributed by atoms with Gasteiger partial charge in [-0.05, 0) is 48.7 Å². The second-order valence-corrected chi connectivity index (χ2v) is 10.0. The number of amides is 1. The molecule has 1 aliphatic heterocycles. The number of carbonyl (C=O) groups excluding carboxylic acids is 1. The van der Waals surface area contributed by atoms with Gasteiger partial charge in [-0.15, -0.1) is 0 Å². The number of aryl methyl sites for hydroxylation is 1. The molecular weight excluding hydrogens is 422 g/mol. The van der Waals surface area contributed by atoms with Crippen LogP contribution in [0.1, 0.15) is 18.4 Å². The minimum Gasteiger partial charge on any atom is -0.352 e. The third-order valence-corrected chi connectivity index (χ3v) is 7.89. The molecule has 2 heterocycles. The summed E-state index contributed by atoms with van der Waals surface area (Å²) in [5, 5.41) is 4.38. The van der Waals surface area contributed by atoms with Gasteiger partial charge in [-0.2, -0.15) is 4.31 Å². The van der Waals surface area contributed by atoms with Crippen molar-refractivity contribution in [1.82, 2.24) is 14.2 Å². The van der Waals surface area contributed by atoms with E-state index in [1.807, 2.05) is 48.1 Å². The van der Waals surface area contributed by atoms with Crippen molar-refractivity contribution in [1.29, 1.82) is 0 Å². The molecule has 0 bridgehead atoms. The first-order valence-corrected chi connectivity index (χ1v) is 11.7. The van der Waals surface area contributed by atoms with Gasteiger partial charge < -0.3 is 9.88 Å². The van der Waals surface area contributed by atoms with E-state index in [4.69, 9.17) is 11.6 Å². The van der Waals surface area contributed by atoms with Crippen molar-refractivity contribution < 1.29 is 13.2 Å². The quantitative estimate of drug-likeness (QED) is 0.652. The van der Waals surface area contributed by atoms with Crippen LogP contribution in [0.15, 0.2) is 59.6 Å². The van der Waals surface area contributed by atoms with Crippen molar-refractivity contribution in [3.63, 3.8) is 0 Å². The first-order chi connectivity index (χ1) is 14.4. The smallest absolute Gasteiger partial charge is 0.243 e. The number of piperidine rings is 1. The summed E-state index contributed by atoms with van der Waals surface area (Å²) >= 11 is 6.15. The Morgan fingerprint density at radius 3 is 2.80 bits per heavy atom. The summed E-state index contributed by atoms with van der Waals surface area (Å²) in [6.45, 7) is 0.930. The predicted molar refractivity (Wildman–Crippen MR) is 118 cm³/mol. The Hall–Kier alpha value is -2.35. The second kappa shape index (κ2) is 8.41. The number of halogens is 1. The van der Waals surface area contributed by atoms with Gasteiger partial charge in [0, 0.05) is 48.8 Å². The fourth-order valence-corrected chi connectivity index (χ4v) is 5.67. The van der Waals surface area contributed by atoms with Gasteiger partial charge in [-0.25, -0.2) is 8.42 Å². The fourth-order valence-electron chi connectivity index (χ4n) is 3.91. The summed E-state index contributed by atoms with van der Waals surface area (Å²) in [7, 11) is -1.74. The van der Waals surface area contributed by atoms with Crippen molar-refractivity contribution in [2.45, 2.75) is 24.3 Å². The summed E-state index contributed by atoms with van der Waals surface area (Å²) in [5.74, 6) is -0.523. The Labute approximate surface area is 181 Å². The minimum absolute atomic E-state index is 0.145. The lowest BCUT2D eigenvalue weighted by atomic mass is 9.99. The van der Waals surface area contributed by atoms with Gasteiger partial charge in [0.25, 0.3) is 0 Å². The summed E-state index contributed by atoms with van der Waals surface area (Å²) < 4.78 is 29.8. The molecule has 3 aromatic rings. The van der Waals surface area contributed by atoms with E-state index in [9.17, 15) is 13.2 Å². The number of nitrogens with one attached hydrogen (secondary N) is 1. The van der Waals surface area contributed by atoms with Crippen molar-refractivity contribution in [3.05, 3.63) is 65.3 Å². The van der Waals surface area contributed by atoms with E-state index in [0.717, 1.165) is 16.5 Å². The molecule has 4 rings (SSSR count). The molecule has 1 N–H and O–H groups in total. The number of hydrogen-bond acceptors (Lipinski definition) is 3. The summed E-state index contributed by atoms with van der Waals surface area (Å²) in [4.78, 5) is 13.0. The van der Waals surface area contributed by atoms with Crippen molar-refractivity contribution in [2.75, 3.05) is 13.1 Å². The Kier molecular flexibility index (Phi) is 5.86. The van der Waals surface area contributed by atoms with Gasteiger partial charge in [0.1, 0.15) is 0 Å². The Morgan fingerprint density at radius 1 is 1.20 bits per heavy atom. The number of nitrogens with zero attached hydrogens (tertiary/aromatic N) is 2. The second-order valence-electron chi connectivity index (χ2n) is 7.66. The lowest BCUT2D eigenvalue weighted by Gasteiger charge is -2.31. The van der Waals surface area contributed by atoms with Gasteiger partial charge in [-0.3, -0.25) is 4.79 Å². The molecule has 1 saturated heterocycles. The van der Waals surface area contributed by atoms with E-state index >= 15 is 0 Å². The Balaban J connectivity index is 1.46. The first-order valence-electron chi connectivity index (χ1n) is 9.92. The zero-order valence-electron chi connectivity index (χ0n) is 16.7. The molecule has 158 valence electrons. The van der Waals surface area contributed by atoms with Gasteiger partial charge in [0.05, 0.1) is 10.8 Å². The highest BCUT2D eigenvalue weighted by Crippen LogP contribution is 2.27. The average Bonchev–Trinajstić information content (AvgIpc) is 3.13. The maximum atomic E-state index is 13.2.